The number of methoxy groups -OCH3 is 1. The van der Waals surface area contributed by atoms with Crippen molar-refractivity contribution in [1.29, 1.82) is 0 Å². The molecule has 0 bridgehead atoms. The number of nitrogens with zero attached hydrogens (tertiary/aromatic N) is 3. The van der Waals surface area contributed by atoms with E-state index in [0.717, 1.165) is 5.56 Å². The summed E-state index contributed by atoms with van der Waals surface area (Å²) < 4.78 is 16.0. The number of hydrogen-bond acceptors (Lipinski definition) is 9. The SMILES string of the molecule is COc1ccccc1Cc1nc(C(=O)[C@H](NC(=O)[C@@H]2CCCN2C(=O)[C@@H](NC(=O)Oc2ccccc2)C(C)C)C(C)C)no1. The average Bonchev–Trinajstić information content (AvgIpc) is 3.69. The summed E-state index contributed by atoms with van der Waals surface area (Å²) in [5.74, 6) is -0.837. The van der Waals surface area contributed by atoms with Crippen LogP contribution in [-0.4, -0.2) is 70.5 Å². The van der Waals surface area contributed by atoms with Crippen LogP contribution in [0.5, 0.6) is 11.5 Å². The smallest absolute Gasteiger partial charge is 0.413 e. The Kier molecular flexibility index (Phi) is 10.7. The lowest BCUT2D eigenvalue weighted by molar-refractivity contribution is -0.140. The van der Waals surface area contributed by atoms with E-state index in [2.05, 4.69) is 20.8 Å². The Morgan fingerprint density at radius 1 is 0.955 bits per heavy atom. The summed E-state index contributed by atoms with van der Waals surface area (Å²) in [6.07, 6.45) is 0.521. The summed E-state index contributed by atoms with van der Waals surface area (Å²) in [5.41, 5.74) is 0.819. The van der Waals surface area contributed by atoms with Crippen molar-refractivity contribution in [2.24, 2.45) is 11.8 Å². The fourth-order valence-electron chi connectivity index (χ4n) is 5.11. The van der Waals surface area contributed by atoms with Crippen LogP contribution in [-0.2, 0) is 16.0 Å². The van der Waals surface area contributed by atoms with Gasteiger partial charge in [-0.1, -0.05) is 69.2 Å². The molecule has 12 nitrogen and oxygen atoms in total. The first-order valence-corrected chi connectivity index (χ1v) is 14.7. The van der Waals surface area contributed by atoms with Crippen molar-refractivity contribution in [1.82, 2.24) is 25.7 Å². The largest absolute Gasteiger partial charge is 0.496 e. The number of carbonyl (C=O) groups is 4. The standard InChI is InChI=1S/C32H39N5O7/c1-19(2)26(28(38)29-33-25(44-36-29)18-21-12-9-10-16-24(21)42-5)34-30(39)23-15-11-17-37(23)31(40)27(20(3)4)35-32(41)43-22-13-7-6-8-14-22/h6-10,12-14,16,19-20,23,26-27H,11,15,17-18H2,1-5H3,(H,34,39)(H,35,41)/t23-,26+,27-/m0/s1. The predicted molar refractivity (Wildman–Crippen MR) is 160 cm³/mol. The molecule has 44 heavy (non-hydrogen) atoms. The van der Waals surface area contributed by atoms with Crippen molar-refractivity contribution in [2.75, 3.05) is 13.7 Å². The molecule has 1 fully saturated rings. The monoisotopic (exact) mass is 605 g/mol. The number of para-hydroxylation sites is 2. The van der Waals surface area contributed by atoms with E-state index in [9.17, 15) is 19.2 Å². The fraction of sp³-hybridized carbons (Fsp3) is 0.438. The summed E-state index contributed by atoms with van der Waals surface area (Å²) in [5, 5.41) is 9.35. The highest BCUT2D eigenvalue weighted by atomic mass is 16.6. The van der Waals surface area contributed by atoms with Crippen LogP contribution >= 0.6 is 0 Å². The highest BCUT2D eigenvalue weighted by molar-refractivity contribution is 6.00. The van der Waals surface area contributed by atoms with Crippen molar-refractivity contribution in [3.63, 3.8) is 0 Å². The maximum atomic E-state index is 13.6. The van der Waals surface area contributed by atoms with Gasteiger partial charge in [0, 0.05) is 12.1 Å². The summed E-state index contributed by atoms with van der Waals surface area (Å²) in [7, 11) is 1.57. The number of hydrogen-bond donors (Lipinski definition) is 2. The number of benzene rings is 2. The third kappa shape index (κ3) is 7.80. The molecule has 1 aliphatic heterocycles. The molecular formula is C32H39N5O7. The molecule has 4 rings (SSSR count). The van der Waals surface area contributed by atoms with Gasteiger partial charge in [-0.15, -0.1) is 0 Å². The third-order valence-electron chi connectivity index (χ3n) is 7.47. The molecule has 2 N–H and O–H groups in total. The van der Waals surface area contributed by atoms with Crippen molar-refractivity contribution < 1.29 is 33.2 Å². The highest BCUT2D eigenvalue weighted by Crippen LogP contribution is 2.23. The Labute approximate surface area is 256 Å². The Hall–Kier alpha value is -4.74. The van der Waals surface area contributed by atoms with E-state index in [0.29, 0.717) is 30.9 Å². The van der Waals surface area contributed by atoms with Gasteiger partial charge < -0.3 is 29.5 Å². The molecule has 0 radical (unpaired) electrons. The van der Waals surface area contributed by atoms with Gasteiger partial charge in [0.15, 0.2) is 0 Å². The van der Waals surface area contributed by atoms with Gasteiger partial charge in [0.25, 0.3) is 0 Å². The van der Waals surface area contributed by atoms with Crippen LogP contribution in [0.25, 0.3) is 0 Å². The molecule has 12 heteroatoms. The molecule has 3 atom stereocenters. The van der Waals surface area contributed by atoms with E-state index in [4.69, 9.17) is 14.0 Å². The summed E-state index contributed by atoms with van der Waals surface area (Å²) in [6, 6.07) is 13.2. The Morgan fingerprint density at radius 3 is 2.32 bits per heavy atom. The number of Topliss-reactive ketones (excluding diaryl/α,β-unsaturated/α-hetero) is 1. The lowest BCUT2D eigenvalue weighted by Crippen LogP contribution is -2.57. The molecule has 2 aromatic carbocycles. The number of ketones is 1. The second-order valence-corrected chi connectivity index (χ2v) is 11.4. The average molecular weight is 606 g/mol. The minimum atomic E-state index is -0.948. The molecule has 3 amide bonds. The van der Waals surface area contributed by atoms with Crippen LogP contribution in [0.1, 0.15) is 62.6 Å². The Bertz CT molecular complexity index is 1460. The first kappa shape index (κ1) is 32.2. The topological polar surface area (TPSA) is 153 Å². The number of amides is 3. The minimum Gasteiger partial charge on any atom is -0.496 e. The lowest BCUT2D eigenvalue weighted by atomic mass is 9.98. The van der Waals surface area contributed by atoms with Gasteiger partial charge in [0.05, 0.1) is 19.6 Å². The number of rotatable bonds is 12. The van der Waals surface area contributed by atoms with Crippen LogP contribution in [0.2, 0.25) is 0 Å². The molecule has 0 saturated carbocycles. The van der Waals surface area contributed by atoms with E-state index in [1.807, 2.05) is 24.3 Å². The fourth-order valence-corrected chi connectivity index (χ4v) is 5.11. The first-order valence-electron chi connectivity index (χ1n) is 14.7. The quantitative estimate of drug-likeness (QED) is 0.294. The summed E-state index contributed by atoms with van der Waals surface area (Å²) in [6.45, 7) is 7.54. The van der Waals surface area contributed by atoms with E-state index in [-0.39, 0.29) is 30.0 Å². The molecule has 1 aliphatic rings. The van der Waals surface area contributed by atoms with E-state index in [1.165, 1.54) is 4.90 Å². The first-order chi connectivity index (χ1) is 21.1. The number of likely N-dealkylation sites (tertiary alicyclic amines) is 1. The molecule has 1 saturated heterocycles. The van der Waals surface area contributed by atoms with Crippen molar-refractivity contribution in [2.45, 2.75) is 65.1 Å². The van der Waals surface area contributed by atoms with Crippen LogP contribution in [0.4, 0.5) is 4.79 Å². The minimum absolute atomic E-state index is 0.144. The van der Waals surface area contributed by atoms with Crippen LogP contribution < -0.4 is 20.1 Å². The maximum absolute atomic E-state index is 13.6. The zero-order chi connectivity index (χ0) is 31.8. The number of aromatic nitrogens is 2. The van der Waals surface area contributed by atoms with Crippen molar-refractivity contribution >= 4 is 23.7 Å². The van der Waals surface area contributed by atoms with Gasteiger partial charge >= 0.3 is 6.09 Å². The van der Waals surface area contributed by atoms with E-state index >= 15 is 0 Å². The van der Waals surface area contributed by atoms with Gasteiger partial charge in [-0.3, -0.25) is 14.4 Å². The second kappa shape index (κ2) is 14.6. The molecule has 0 unspecified atom stereocenters. The molecule has 234 valence electrons. The summed E-state index contributed by atoms with van der Waals surface area (Å²) in [4.78, 5) is 58.9. The molecule has 0 spiro atoms. The zero-order valence-corrected chi connectivity index (χ0v) is 25.6. The van der Waals surface area contributed by atoms with Crippen LogP contribution in [0, 0.1) is 11.8 Å². The van der Waals surface area contributed by atoms with Gasteiger partial charge in [0.2, 0.25) is 29.3 Å². The van der Waals surface area contributed by atoms with Crippen LogP contribution in [0.3, 0.4) is 0 Å². The Balaban J connectivity index is 1.42. The third-order valence-corrected chi connectivity index (χ3v) is 7.47. The Morgan fingerprint density at radius 2 is 1.64 bits per heavy atom. The molecule has 0 aliphatic carbocycles. The zero-order valence-electron chi connectivity index (χ0n) is 25.6. The normalized spacial score (nSPS) is 16.0. The van der Waals surface area contributed by atoms with Gasteiger partial charge in [-0.05, 0) is 42.9 Å². The van der Waals surface area contributed by atoms with E-state index < -0.39 is 41.8 Å². The predicted octanol–water partition coefficient (Wildman–Crippen LogP) is 3.80. The van der Waals surface area contributed by atoms with Gasteiger partial charge in [0.1, 0.15) is 23.6 Å². The number of ether oxygens (including phenoxy) is 2. The van der Waals surface area contributed by atoms with Gasteiger partial charge in [-0.25, -0.2) is 4.79 Å². The van der Waals surface area contributed by atoms with Gasteiger partial charge in [-0.2, -0.15) is 4.98 Å². The number of nitrogens with one attached hydrogen (secondary N) is 2. The molecular weight excluding hydrogens is 566 g/mol. The van der Waals surface area contributed by atoms with Crippen molar-refractivity contribution in [3.8, 4) is 11.5 Å². The van der Waals surface area contributed by atoms with Crippen LogP contribution in [0.15, 0.2) is 59.1 Å². The molecule has 3 aromatic rings. The molecule has 1 aromatic heterocycles. The molecule has 2 heterocycles. The second-order valence-electron chi connectivity index (χ2n) is 11.4. The van der Waals surface area contributed by atoms with E-state index in [1.54, 1.807) is 65.1 Å². The lowest BCUT2D eigenvalue weighted by Gasteiger charge is -2.31. The number of carbonyl (C=O) groups excluding carboxylic acids is 4. The highest BCUT2D eigenvalue weighted by Gasteiger charge is 2.40. The summed E-state index contributed by atoms with van der Waals surface area (Å²) >= 11 is 0. The maximum Gasteiger partial charge on any atom is 0.413 e. The van der Waals surface area contributed by atoms with Crippen molar-refractivity contribution in [3.05, 3.63) is 71.9 Å².